The van der Waals surface area contributed by atoms with Crippen molar-refractivity contribution in [1.29, 1.82) is 0 Å². The van der Waals surface area contributed by atoms with Crippen LogP contribution in [0, 0.1) is 23.3 Å². The van der Waals surface area contributed by atoms with Crippen LogP contribution >= 0.6 is 0 Å². The minimum absolute atomic E-state index is 0.0174. The molecule has 0 atom stereocenters. The minimum atomic E-state index is -4.73. The van der Waals surface area contributed by atoms with Crippen molar-refractivity contribution in [3.05, 3.63) is 23.3 Å². The molecule has 0 radical (unpaired) electrons. The second kappa shape index (κ2) is 5.78. The van der Waals surface area contributed by atoms with E-state index in [9.17, 15) is 26.0 Å². The van der Waals surface area contributed by atoms with Gasteiger partial charge >= 0.3 is 0 Å². The molecule has 0 N–H and O–H groups in total. The number of benzene rings is 1. The fourth-order valence-electron chi connectivity index (χ4n) is 1.91. The van der Waals surface area contributed by atoms with E-state index in [0.29, 0.717) is 4.31 Å². The lowest BCUT2D eigenvalue weighted by Crippen LogP contribution is -2.41. The van der Waals surface area contributed by atoms with Crippen LogP contribution in [0.5, 0.6) is 5.75 Å². The smallest absolute Gasteiger partial charge is 0.249 e. The average molecular weight is 329 g/mol. The summed E-state index contributed by atoms with van der Waals surface area (Å²) in [6, 6.07) is 0. The number of halogens is 4. The number of morpholine rings is 1. The lowest BCUT2D eigenvalue weighted by Gasteiger charge is -2.26. The molecule has 1 saturated heterocycles. The number of sulfonamides is 1. The summed E-state index contributed by atoms with van der Waals surface area (Å²) in [6.45, 7) is -0.305. The summed E-state index contributed by atoms with van der Waals surface area (Å²) in [5.41, 5.74) is 0. The summed E-state index contributed by atoms with van der Waals surface area (Å²) >= 11 is 0. The van der Waals surface area contributed by atoms with Gasteiger partial charge in [0.1, 0.15) is 0 Å². The van der Waals surface area contributed by atoms with Crippen LogP contribution in [0.2, 0.25) is 0 Å². The monoisotopic (exact) mass is 329 g/mol. The van der Waals surface area contributed by atoms with Crippen molar-refractivity contribution in [2.45, 2.75) is 4.90 Å². The lowest BCUT2D eigenvalue weighted by molar-refractivity contribution is 0.0728. The Morgan fingerprint density at radius 1 is 1.00 bits per heavy atom. The molecule has 0 unspecified atom stereocenters. The number of hydrogen-bond donors (Lipinski definition) is 0. The molecule has 2 rings (SSSR count). The zero-order valence-corrected chi connectivity index (χ0v) is 11.6. The molecule has 1 aliphatic heterocycles. The van der Waals surface area contributed by atoms with Gasteiger partial charge < -0.3 is 9.47 Å². The van der Waals surface area contributed by atoms with Gasteiger partial charge in [-0.2, -0.15) is 13.1 Å². The molecule has 118 valence electrons. The first-order valence-corrected chi connectivity index (χ1v) is 7.24. The van der Waals surface area contributed by atoms with Crippen molar-refractivity contribution < 1.29 is 35.5 Å². The van der Waals surface area contributed by atoms with Gasteiger partial charge in [-0.05, 0) is 0 Å². The first-order chi connectivity index (χ1) is 9.82. The molecule has 0 amide bonds. The summed E-state index contributed by atoms with van der Waals surface area (Å²) in [5, 5.41) is 0. The number of ether oxygens (including phenoxy) is 2. The second-order valence-electron chi connectivity index (χ2n) is 4.13. The molecule has 10 heteroatoms. The highest BCUT2D eigenvalue weighted by Gasteiger charge is 2.37. The fourth-order valence-corrected chi connectivity index (χ4v) is 3.43. The first kappa shape index (κ1) is 16.0. The molecular weight excluding hydrogens is 318 g/mol. The van der Waals surface area contributed by atoms with Crippen molar-refractivity contribution in [2.75, 3.05) is 33.4 Å². The van der Waals surface area contributed by atoms with Crippen LogP contribution < -0.4 is 4.74 Å². The van der Waals surface area contributed by atoms with Crippen molar-refractivity contribution in [2.24, 2.45) is 0 Å². The highest BCUT2D eigenvalue weighted by atomic mass is 32.2. The number of hydrogen-bond acceptors (Lipinski definition) is 4. The van der Waals surface area contributed by atoms with E-state index in [2.05, 4.69) is 4.74 Å². The van der Waals surface area contributed by atoms with Crippen molar-refractivity contribution in [3.63, 3.8) is 0 Å². The minimum Gasteiger partial charge on any atom is -0.491 e. The third-order valence-corrected chi connectivity index (χ3v) is 4.87. The van der Waals surface area contributed by atoms with Crippen LogP contribution in [0.25, 0.3) is 0 Å². The van der Waals surface area contributed by atoms with E-state index < -0.39 is 43.9 Å². The normalized spacial score (nSPS) is 17.0. The average Bonchev–Trinajstić information content (AvgIpc) is 2.47. The fraction of sp³-hybridized carbons (Fsp3) is 0.455. The van der Waals surface area contributed by atoms with Crippen molar-refractivity contribution in [3.8, 4) is 5.75 Å². The maximum atomic E-state index is 13.8. The Morgan fingerprint density at radius 2 is 1.48 bits per heavy atom. The highest BCUT2D eigenvalue weighted by molar-refractivity contribution is 7.89. The largest absolute Gasteiger partial charge is 0.491 e. The van der Waals surface area contributed by atoms with Gasteiger partial charge in [0.15, 0.2) is 22.3 Å². The third-order valence-electron chi connectivity index (χ3n) is 2.95. The Kier molecular flexibility index (Phi) is 4.40. The Bertz CT molecular complexity index is 630. The van der Waals surface area contributed by atoms with Crippen LogP contribution in [0.3, 0.4) is 0 Å². The molecule has 1 aromatic carbocycles. The van der Waals surface area contributed by atoms with E-state index >= 15 is 0 Å². The number of methoxy groups -OCH3 is 1. The Morgan fingerprint density at radius 3 is 1.90 bits per heavy atom. The molecular formula is C11H11F4NO4S. The Balaban J connectivity index is 2.63. The molecule has 1 heterocycles. The van der Waals surface area contributed by atoms with E-state index in [1.165, 1.54) is 0 Å². The van der Waals surface area contributed by atoms with Gasteiger partial charge in [-0.15, -0.1) is 0 Å². The lowest BCUT2D eigenvalue weighted by atomic mass is 10.3. The van der Waals surface area contributed by atoms with Gasteiger partial charge in [0, 0.05) is 13.1 Å². The molecule has 0 saturated carbocycles. The molecule has 1 aliphatic rings. The maximum Gasteiger partial charge on any atom is 0.249 e. The zero-order chi connectivity index (χ0) is 15.8. The van der Waals surface area contributed by atoms with E-state index in [0.717, 1.165) is 7.11 Å². The molecule has 21 heavy (non-hydrogen) atoms. The topological polar surface area (TPSA) is 55.8 Å². The zero-order valence-electron chi connectivity index (χ0n) is 10.8. The van der Waals surface area contributed by atoms with Crippen molar-refractivity contribution in [1.82, 2.24) is 4.31 Å². The predicted molar refractivity (Wildman–Crippen MR) is 62.4 cm³/mol. The predicted octanol–water partition coefficient (Wildman–Crippen LogP) is 1.27. The van der Waals surface area contributed by atoms with Gasteiger partial charge in [-0.1, -0.05) is 0 Å². The van der Waals surface area contributed by atoms with Gasteiger partial charge in [-0.3, -0.25) is 0 Å². The van der Waals surface area contributed by atoms with Gasteiger partial charge in [0.2, 0.25) is 21.7 Å². The summed E-state index contributed by atoms with van der Waals surface area (Å²) in [7, 11) is -3.92. The molecule has 0 bridgehead atoms. The number of nitrogens with zero attached hydrogens (tertiary/aromatic N) is 1. The molecule has 0 spiro atoms. The molecule has 1 aromatic rings. The molecule has 1 fully saturated rings. The SMILES string of the molecule is COc1c(F)c(F)c(S(=O)(=O)N2CCOCC2)c(F)c1F. The summed E-state index contributed by atoms with van der Waals surface area (Å²) in [5.74, 6) is -9.15. The van der Waals surface area contributed by atoms with Crippen molar-refractivity contribution >= 4 is 10.0 Å². The highest BCUT2D eigenvalue weighted by Crippen LogP contribution is 2.33. The molecule has 0 aliphatic carbocycles. The van der Waals surface area contributed by atoms with E-state index in [-0.39, 0.29) is 26.3 Å². The van der Waals surface area contributed by atoms with Gasteiger partial charge in [0.05, 0.1) is 20.3 Å². The van der Waals surface area contributed by atoms with Gasteiger partial charge in [-0.25, -0.2) is 17.2 Å². The van der Waals surface area contributed by atoms with Crippen LogP contribution in [-0.4, -0.2) is 46.1 Å². The van der Waals surface area contributed by atoms with Crippen LogP contribution in [0.1, 0.15) is 0 Å². The molecule has 0 aromatic heterocycles. The van der Waals surface area contributed by atoms with E-state index in [1.807, 2.05) is 0 Å². The summed E-state index contributed by atoms with van der Waals surface area (Å²) in [6.07, 6.45) is 0. The maximum absolute atomic E-state index is 13.8. The third kappa shape index (κ3) is 2.58. The quantitative estimate of drug-likeness (QED) is 0.619. The van der Waals surface area contributed by atoms with E-state index in [4.69, 9.17) is 4.74 Å². The van der Waals surface area contributed by atoms with E-state index in [1.54, 1.807) is 0 Å². The second-order valence-corrected chi connectivity index (χ2v) is 6.01. The van der Waals surface area contributed by atoms with Crippen LogP contribution in [-0.2, 0) is 14.8 Å². The van der Waals surface area contributed by atoms with Crippen LogP contribution in [0.15, 0.2) is 4.90 Å². The summed E-state index contributed by atoms with van der Waals surface area (Å²) < 4.78 is 89.0. The standard InChI is InChI=1S/C11H11F4NO4S/c1-19-10-6(12)8(14)11(9(15)7(10)13)21(17,18)16-2-4-20-5-3-16/h2-5H2,1H3. The molecule has 5 nitrogen and oxygen atoms in total. The Hall–Kier alpha value is -1.39. The summed E-state index contributed by atoms with van der Waals surface area (Å²) in [4.78, 5) is -1.67. The Labute approximate surface area is 118 Å². The van der Waals surface area contributed by atoms with Crippen LogP contribution in [0.4, 0.5) is 17.6 Å². The van der Waals surface area contributed by atoms with Gasteiger partial charge in [0.25, 0.3) is 0 Å². The first-order valence-electron chi connectivity index (χ1n) is 5.80. The number of rotatable bonds is 3.